The van der Waals surface area contributed by atoms with Gasteiger partial charge in [-0.15, -0.1) is 0 Å². The summed E-state index contributed by atoms with van der Waals surface area (Å²) in [5, 5.41) is 8.10. The van der Waals surface area contributed by atoms with E-state index in [1.54, 1.807) is 14.2 Å². The highest BCUT2D eigenvalue weighted by Gasteiger charge is 2.56. The lowest BCUT2D eigenvalue weighted by atomic mass is 9.95. The molecule has 0 aliphatic carbocycles. The molecule has 0 bridgehead atoms. The molecular formula is C31H52Cl3NO17. The Hall–Kier alpha value is -0.750. The molecule has 3 saturated heterocycles. The number of nitrogens with one attached hydrogen (secondary N) is 1. The molecule has 0 aromatic carbocycles. The number of rotatable bonds is 18. The van der Waals surface area contributed by atoms with E-state index in [0.29, 0.717) is 0 Å². The Morgan fingerprint density at radius 1 is 0.538 bits per heavy atom. The maximum Gasteiger partial charge on any atom is 0.302 e. The van der Waals surface area contributed by atoms with E-state index < -0.39 is 108 Å². The van der Waals surface area contributed by atoms with Crippen molar-refractivity contribution in [3.05, 3.63) is 0 Å². The Morgan fingerprint density at radius 3 is 1.25 bits per heavy atom. The number of ether oxygens (including phenoxy) is 16. The van der Waals surface area contributed by atoms with Crippen molar-refractivity contribution in [2.75, 3.05) is 83.8 Å². The molecule has 21 heteroatoms. The normalized spacial score (nSPS) is 38.5. The number of hydrogen-bond donors (Lipinski definition) is 1. The Labute approximate surface area is 318 Å². The van der Waals surface area contributed by atoms with Crippen LogP contribution in [0.15, 0.2) is 0 Å². The van der Waals surface area contributed by atoms with Crippen LogP contribution in [0.2, 0.25) is 0 Å². The fourth-order valence-corrected chi connectivity index (χ4v) is 6.67. The molecule has 0 amide bonds. The third kappa shape index (κ3) is 11.0. The van der Waals surface area contributed by atoms with E-state index in [1.165, 1.54) is 56.7 Å². The second kappa shape index (κ2) is 21.5. The summed E-state index contributed by atoms with van der Waals surface area (Å²) in [7, 11) is 13.3. The summed E-state index contributed by atoms with van der Waals surface area (Å²) in [4.78, 5) is 11.9. The summed E-state index contributed by atoms with van der Waals surface area (Å²) in [6.45, 7) is 1.10. The minimum atomic E-state index is -2.21. The first-order valence-corrected chi connectivity index (χ1v) is 17.3. The molecule has 304 valence electrons. The molecule has 3 aliphatic heterocycles. The molecule has 0 radical (unpaired) electrons. The molecule has 3 rings (SSSR count). The molecule has 0 aromatic heterocycles. The smallest absolute Gasteiger partial charge is 0.302 e. The Morgan fingerprint density at radius 2 is 0.885 bits per heavy atom. The third-order valence-corrected chi connectivity index (χ3v) is 9.38. The summed E-state index contributed by atoms with van der Waals surface area (Å²) >= 11 is 17.6. The summed E-state index contributed by atoms with van der Waals surface area (Å²) in [5.41, 5.74) is 0. The van der Waals surface area contributed by atoms with Crippen molar-refractivity contribution in [1.82, 2.24) is 0 Å². The van der Waals surface area contributed by atoms with Crippen molar-refractivity contribution in [1.29, 1.82) is 5.41 Å². The lowest BCUT2D eigenvalue weighted by Crippen LogP contribution is -2.68. The van der Waals surface area contributed by atoms with E-state index in [0.717, 1.165) is 0 Å². The maximum absolute atomic E-state index is 11.9. The summed E-state index contributed by atoms with van der Waals surface area (Å²) in [6.07, 6.45) is -13.7. The Balaban J connectivity index is 1.97. The largest absolute Gasteiger partial charge is 0.463 e. The van der Waals surface area contributed by atoms with Gasteiger partial charge in [-0.1, -0.05) is 34.8 Å². The highest BCUT2D eigenvalue weighted by molar-refractivity contribution is 6.76. The highest BCUT2D eigenvalue weighted by atomic mass is 35.6. The molecular weight excluding hydrogens is 765 g/mol. The van der Waals surface area contributed by atoms with Crippen LogP contribution in [-0.2, 0) is 80.6 Å². The van der Waals surface area contributed by atoms with Crippen LogP contribution in [0, 0.1) is 5.41 Å². The maximum atomic E-state index is 11.9. The molecule has 6 unspecified atom stereocenters. The standard InChI is InChI=1S/C31H52Cl3NO17/c1-14(36)46-13-17-20(23(42-7)26(45-10)29(49-17)52-30(35)31(32,33)34)51-28-25(44-9)22(41-6)19(16(48-28)12-38-3)50-27-24(43-8)21(40-5)18(39-4)15(47-27)11-37-2/h15-29,35H,11-13H2,1-10H3/t15-,16-,17?,18+,19+,20+,21?,22?,23+,24?,25?,26?,27+,28-,29-/m0/s1. The van der Waals surface area contributed by atoms with Crippen LogP contribution < -0.4 is 0 Å². The zero-order chi connectivity index (χ0) is 38.7. The van der Waals surface area contributed by atoms with E-state index in [-0.39, 0.29) is 19.8 Å². The lowest BCUT2D eigenvalue weighted by molar-refractivity contribution is -0.384. The van der Waals surface area contributed by atoms with Gasteiger partial charge in [0.15, 0.2) is 12.6 Å². The van der Waals surface area contributed by atoms with E-state index in [4.69, 9.17) is 116 Å². The number of methoxy groups -OCH3 is 9. The van der Waals surface area contributed by atoms with Crippen LogP contribution in [0.4, 0.5) is 0 Å². The molecule has 0 spiro atoms. The summed E-state index contributed by atoms with van der Waals surface area (Å²) < 4.78 is 92.5. The van der Waals surface area contributed by atoms with Gasteiger partial charge in [0, 0.05) is 70.9 Å². The Bertz CT molecular complexity index is 1090. The number of alkyl halides is 3. The van der Waals surface area contributed by atoms with Gasteiger partial charge in [0.1, 0.15) is 79.9 Å². The number of hydrogen-bond acceptors (Lipinski definition) is 18. The van der Waals surface area contributed by atoms with Gasteiger partial charge in [0.25, 0.3) is 3.79 Å². The third-order valence-electron chi connectivity index (χ3n) is 8.87. The predicted octanol–water partition coefficient (Wildman–Crippen LogP) is 1.26. The van der Waals surface area contributed by atoms with Gasteiger partial charge in [0.05, 0.1) is 13.2 Å². The van der Waals surface area contributed by atoms with Gasteiger partial charge >= 0.3 is 5.97 Å². The second-order valence-electron chi connectivity index (χ2n) is 11.9. The van der Waals surface area contributed by atoms with Crippen molar-refractivity contribution >= 4 is 46.7 Å². The fraction of sp³-hybridized carbons (Fsp3) is 0.935. The molecule has 0 saturated carbocycles. The predicted molar refractivity (Wildman–Crippen MR) is 181 cm³/mol. The summed E-state index contributed by atoms with van der Waals surface area (Å²) in [6, 6.07) is 0. The van der Waals surface area contributed by atoms with E-state index in [2.05, 4.69) is 0 Å². The summed E-state index contributed by atoms with van der Waals surface area (Å²) in [5.74, 6) is -1.34. The SMILES string of the molecule is COC[C@@H]1O[C@H](O[C@H]2C(OC)C(OC)[C@H](O[C@@H]3C(COC(C)=O)O[C@@H](OC(=N)C(Cl)(Cl)Cl)C(OC)[C@@H]3OC)O[C@H]2COC)C(OC)C(OC)[C@@H]1OC. The number of halogens is 3. The molecule has 3 aliphatic rings. The van der Waals surface area contributed by atoms with E-state index in [9.17, 15) is 4.79 Å². The van der Waals surface area contributed by atoms with Crippen molar-refractivity contribution in [3.63, 3.8) is 0 Å². The van der Waals surface area contributed by atoms with Crippen LogP contribution >= 0.6 is 34.8 Å². The van der Waals surface area contributed by atoms with Crippen molar-refractivity contribution in [3.8, 4) is 0 Å². The monoisotopic (exact) mass is 815 g/mol. The first kappa shape index (κ1) is 45.6. The molecule has 3 fully saturated rings. The number of esters is 1. The van der Waals surface area contributed by atoms with E-state index >= 15 is 0 Å². The molecule has 15 atom stereocenters. The molecule has 1 N–H and O–H groups in total. The topological polar surface area (TPSA) is 189 Å². The molecule has 0 aromatic rings. The van der Waals surface area contributed by atoms with Crippen molar-refractivity contribution in [2.45, 2.75) is 103 Å². The van der Waals surface area contributed by atoms with Crippen molar-refractivity contribution < 1.29 is 80.6 Å². The van der Waals surface area contributed by atoms with Gasteiger partial charge in [-0.25, -0.2) is 0 Å². The first-order chi connectivity index (χ1) is 24.8. The lowest BCUT2D eigenvalue weighted by Gasteiger charge is -2.51. The average molecular weight is 817 g/mol. The van der Waals surface area contributed by atoms with Gasteiger partial charge in [0.2, 0.25) is 12.2 Å². The number of carbonyl (C=O) groups excluding carboxylic acids is 1. The second-order valence-corrected chi connectivity index (χ2v) is 14.2. The number of carbonyl (C=O) groups is 1. The molecule has 52 heavy (non-hydrogen) atoms. The van der Waals surface area contributed by atoms with Crippen LogP contribution in [0.25, 0.3) is 0 Å². The van der Waals surface area contributed by atoms with Gasteiger partial charge in [-0.2, -0.15) is 0 Å². The fourth-order valence-electron chi connectivity index (χ4n) is 6.54. The van der Waals surface area contributed by atoms with Crippen molar-refractivity contribution in [2.24, 2.45) is 0 Å². The molecule has 3 heterocycles. The zero-order valence-corrected chi connectivity index (χ0v) is 33.1. The quantitative estimate of drug-likeness (QED) is 0.0900. The average Bonchev–Trinajstić information content (AvgIpc) is 3.11. The van der Waals surface area contributed by atoms with Gasteiger partial charge < -0.3 is 75.8 Å². The van der Waals surface area contributed by atoms with Gasteiger partial charge in [-0.3, -0.25) is 10.2 Å². The minimum Gasteiger partial charge on any atom is -0.463 e. The zero-order valence-electron chi connectivity index (χ0n) is 30.9. The minimum absolute atomic E-state index is 0.0165. The van der Waals surface area contributed by atoms with E-state index in [1.807, 2.05) is 0 Å². The van der Waals surface area contributed by atoms with Crippen LogP contribution in [0.1, 0.15) is 6.92 Å². The van der Waals surface area contributed by atoms with Crippen LogP contribution in [0.5, 0.6) is 0 Å². The Kier molecular flexibility index (Phi) is 18.9. The highest BCUT2D eigenvalue weighted by Crippen LogP contribution is 2.38. The van der Waals surface area contributed by atoms with Crippen LogP contribution in [0.3, 0.4) is 0 Å². The first-order valence-electron chi connectivity index (χ1n) is 16.2. The van der Waals surface area contributed by atoms with Crippen LogP contribution in [-0.4, -0.2) is 192 Å². The molecule has 18 nitrogen and oxygen atoms in total. The van der Waals surface area contributed by atoms with Gasteiger partial charge in [-0.05, 0) is 0 Å².